The van der Waals surface area contributed by atoms with E-state index in [-0.39, 0.29) is 23.3 Å². The molecule has 144 valence electrons. The van der Waals surface area contributed by atoms with Crippen LogP contribution in [0.15, 0.2) is 0 Å². The molecule has 3 aliphatic rings. The van der Waals surface area contributed by atoms with Gasteiger partial charge in [0.25, 0.3) is 0 Å². The quantitative estimate of drug-likeness (QED) is 0.494. The fourth-order valence-electron chi connectivity index (χ4n) is 5.83. The van der Waals surface area contributed by atoms with E-state index in [4.69, 9.17) is 9.47 Å². The largest absolute Gasteiger partial charge is 0.462 e. The van der Waals surface area contributed by atoms with E-state index >= 15 is 0 Å². The van der Waals surface area contributed by atoms with E-state index < -0.39 is 0 Å². The number of rotatable bonds is 5. The molecule has 0 aromatic heterocycles. The lowest BCUT2D eigenvalue weighted by Crippen LogP contribution is -2.41. The third-order valence-electron chi connectivity index (χ3n) is 7.40. The van der Waals surface area contributed by atoms with Crippen LogP contribution in [0, 0.1) is 29.6 Å². The molecule has 1 aliphatic heterocycles. The first kappa shape index (κ1) is 19.2. The molecule has 25 heavy (non-hydrogen) atoms. The predicted molar refractivity (Wildman–Crippen MR) is 100 cm³/mol. The Kier molecular flexibility index (Phi) is 5.27. The zero-order chi connectivity index (χ0) is 18.4. The molecule has 3 heteroatoms. The van der Waals surface area contributed by atoms with Crippen molar-refractivity contribution in [1.29, 1.82) is 0 Å². The third-order valence-corrected chi connectivity index (χ3v) is 7.40. The molecule has 1 saturated heterocycles. The first-order valence-corrected chi connectivity index (χ1v) is 10.6. The van der Waals surface area contributed by atoms with E-state index in [1.807, 2.05) is 0 Å². The summed E-state index contributed by atoms with van der Waals surface area (Å²) < 4.78 is 12.4. The molecule has 3 nitrogen and oxygen atoms in total. The molecule has 6 atom stereocenters. The maximum absolute atomic E-state index is 12.9. The highest BCUT2D eigenvalue weighted by molar-refractivity contribution is 5.72. The van der Waals surface area contributed by atoms with Crippen molar-refractivity contribution in [1.82, 2.24) is 0 Å². The van der Waals surface area contributed by atoms with Crippen molar-refractivity contribution in [2.45, 2.75) is 104 Å². The normalized spacial score (nSPS) is 43.8. The van der Waals surface area contributed by atoms with Crippen LogP contribution in [0.2, 0.25) is 0 Å². The second-order valence-electron chi connectivity index (χ2n) is 10.0. The number of fused-ring (bicyclic) bond motifs is 1. The average molecular weight is 351 g/mol. The second-order valence-corrected chi connectivity index (χ2v) is 10.0. The molecular formula is C22H38O3. The fraction of sp³-hybridized carbons (Fsp3) is 0.955. The van der Waals surface area contributed by atoms with Crippen molar-refractivity contribution in [3.63, 3.8) is 0 Å². The van der Waals surface area contributed by atoms with Gasteiger partial charge in [-0.3, -0.25) is 4.79 Å². The van der Waals surface area contributed by atoms with Crippen LogP contribution in [0.3, 0.4) is 0 Å². The van der Waals surface area contributed by atoms with Gasteiger partial charge in [0.15, 0.2) is 0 Å². The van der Waals surface area contributed by atoms with Gasteiger partial charge in [0.05, 0.1) is 6.42 Å². The second kappa shape index (κ2) is 6.87. The van der Waals surface area contributed by atoms with Gasteiger partial charge < -0.3 is 9.47 Å². The highest BCUT2D eigenvalue weighted by Gasteiger charge is 2.72. The minimum absolute atomic E-state index is 0.0265. The fourth-order valence-corrected chi connectivity index (χ4v) is 5.83. The zero-order valence-corrected chi connectivity index (χ0v) is 17.1. The van der Waals surface area contributed by atoms with Gasteiger partial charge in [0.1, 0.15) is 17.3 Å². The molecule has 0 radical (unpaired) electrons. The highest BCUT2D eigenvalue weighted by Crippen LogP contribution is 2.64. The standard InChI is InChI=1S/C22H38O3/c1-14(2)18-8-7-16(5)11-19(18)24-20(23)13-21-12-17(6)9-10-22(21,25-21)15(3)4/h14-19H,7-13H2,1-6H3. The van der Waals surface area contributed by atoms with Gasteiger partial charge in [-0.05, 0) is 61.7 Å². The number of esters is 1. The Labute approximate surface area is 154 Å². The summed E-state index contributed by atoms with van der Waals surface area (Å²) in [5.41, 5.74) is -0.320. The predicted octanol–water partition coefficient (Wildman–Crippen LogP) is 5.36. The number of hydrogen-bond donors (Lipinski definition) is 0. The molecule has 3 fully saturated rings. The number of carbonyl (C=O) groups is 1. The van der Waals surface area contributed by atoms with Crippen LogP contribution in [-0.4, -0.2) is 23.3 Å². The minimum atomic E-state index is -0.247. The van der Waals surface area contributed by atoms with E-state index in [2.05, 4.69) is 41.5 Å². The molecule has 2 aliphatic carbocycles. The van der Waals surface area contributed by atoms with Gasteiger partial charge in [-0.2, -0.15) is 0 Å². The molecule has 6 unspecified atom stereocenters. The third kappa shape index (κ3) is 3.50. The van der Waals surface area contributed by atoms with Gasteiger partial charge in [-0.25, -0.2) is 0 Å². The first-order chi connectivity index (χ1) is 11.7. The highest BCUT2D eigenvalue weighted by atomic mass is 16.6. The molecule has 0 N–H and O–H groups in total. The van der Waals surface area contributed by atoms with Crippen molar-refractivity contribution in [2.24, 2.45) is 29.6 Å². The molecule has 0 spiro atoms. The van der Waals surface area contributed by atoms with Crippen LogP contribution < -0.4 is 0 Å². The number of hydrogen-bond acceptors (Lipinski definition) is 3. The maximum Gasteiger partial charge on any atom is 0.309 e. The summed E-state index contributed by atoms with van der Waals surface area (Å²) in [6.07, 6.45) is 7.33. The van der Waals surface area contributed by atoms with Crippen LogP contribution in [0.25, 0.3) is 0 Å². The van der Waals surface area contributed by atoms with Crippen molar-refractivity contribution in [3.8, 4) is 0 Å². The van der Waals surface area contributed by atoms with Crippen LogP contribution in [0.5, 0.6) is 0 Å². The Balaban J connectivity index is 1.65. The molecule has 0 aromatic carbocycles. The monoisotopic (exact) mass is 350 g/mol. The van der Waals surface area contributed by atoms with E-state index in [9.17, 15) is 4.79 Å². The van der Waals surface area contributed by atoms with Crippen LogP contribution in [-0.2, 0) is 14.3 Å². The van der Waals surface area contributed by atoms with Gasteiger partial charge in [-0.15, -0.1) is 0 Å². The van der Waals surface area contributed by atoms with E-state index in [0.29, 0.717) is 36.0 Å². The summed E-state index contributed by atoms with van der Waals surface area (Å²) in [5, 5.41) is 0. The Hall–Kier alpha value is -0.570. The number of ether oxygens (including phenoxy) is 2. The molecule has 0 bridgehead atoms. The van der Waals surface area contributed by atoms with Crippen LogP contribution >= 0.6 is 0 Å². The summed E-state index contributed by atoms with van der Waals surface area (Å²) in [4.78, 5) is 12.9. The lowest BCUT2D eigenvalue weighted by atomic mass is 9.69. The van der Waals surface area contributed by atoms with Crippen molar-refractivity contribution in [3.05, 3.63) is 0 Å². The van der Waals surface area contributed by atoms with Crippen LogP contribution in [0.1, 0.15) is 86.5 Å². The average Bonchev–Trinajstić information content (AvgIpc) is 3.15. The van der Waals surface area contributed by atoms with Gasteiger partial charge in [0, 0.05) is 0 Å². The van der Waals surface area contributed by atoms with E-state index in [0.717, 1.165) is 19.3 Å². The molecule has 0 aromatic rings. The summed E-state index contributed by atoms with van der Waals surface area (Å²) >= 11 is 0. The molecule has 1 heterocycles. The van der Waals surface area contributed by atoms with E-state index in [1.54, 1.807) is 0 Å². The molecule has 2 saturated carbocycles. The lowest BCUT2D eigenvalue weighted by molar-refractivity contribution is -0.157. The minimum Gasteiger partial charge on any atom is -0.462 e. The Morgan fingerprint density at radius 2 is 1.84 bits per heavy atom. The van der Waals surface area contributed by atoms with Gasteiger partial charge >= 0.3 is 5.97 Å². The topological polar surface area (TPSA) is 38.8 Å². The van der Waals surface area contributed by atoms with Crippen LogP contribution in [0.4, 0.5) is 0 Å². The Morgan fingerprint density at radius 1 is 1.12 bits per heavy atom. The SMILES string of the molecule is CC1CCC(C(C)C)C(OC(=O)CC23CC(C)CCC2(C(C)C)O3)C1. The lowest BCUT2D eigenvalue weighted by Gasteiger charge is -2.37. The number of carbonyl (C=O) groups excluding carboxylic acids is 1. The van der Waals surface area contributed by atoms with Crippen molar-refractivity contribution in [2.75, 3.05) is 0 Å². The zero-order valence-electron chi connectivity index (χ0n) is 17.1. The van der Waals surface area contributed by atoms with Crippen molar-refractivity contribution < 1.29 is 14.3 Å². The summed E-state index contributed by atoms with van der Waals surface area (Å²) in [7, 11) is 0. The summed E-state index contributed by atoms with van der Waals surface area (Å²) in [6, 6.07) is 0. The van der Waals surface area contributed by atoms with Crippen molar-refractivity contribution >= 4 is 5.97 Å². The van der Waals surface area contributed by atoms with Gasteiger partial charge in [0.2, 0.25) is 0 Å². The molecular weight excluding hydrogens is 312 g/mol. The number of epoxide rings is 1. The molecule has 3 rings (SSSR count). The Morgan fingerprint density at radius 3 is 2.48 bits per heavy atom. The Bertz CT molecular complexity index is 500. The molecule has 0 amide bonds. The summed E-state index contributed by atoms with van der Waals surface area (Å²) in [6.45, 7) is 13.6. The maximum atomic E-state index is 12.9. The van der Waals surface area contributed by atoms with Gasteiger partial charge in [-0.1, -0.05) is 48.0 Å². The summed E-state index contributed by atoms with van der Waals surface area (Å²) in [5.74, 6) is 2.82. The first-order valence-electron chi connectivity index (χ1n) is 10.6. The van der Waals surface area contributed by atoms with E-state index in [1.165, 1.54) is 19.3 Å². The smallest absolute Gasteiger partial charge is 0.309 e.